The SMILES string of the molecule is CNc1cc(-c2nc(C(C)C)n(C=CC3CC(O)CC(=O)O3)c2-c2cccc(C(F)(F)F)c2)ccn1. The topological polar surface area (TPSA) is 89.3 Å². The molecule has 0 radical (unpaired) electrons. The van der Waals surface area contributed by atoms with Gasteiger partial charge in [-0.1, -0.05) is 26.0 Å². The van der Waals surface area contributed by atoms with Crippen LogP contribution < -0.4 is 5.32 Å². The minimum absolute atomic E-state index is 0.0673. The van der Waals surface area contributed by atoms with E-state index < -0.39 is 29.9 Å². The van der Waals surface area contributed by atoms with E-state index in [0.717, 1.165) is 12.1 Å². The summed E-state index contributed by atoms with van der Waals surface area (Å²) in [7, 11) is 1.72. The Morgan fingerprint density at radius 2 is 2.00 bits per heavy atom. The molecule has 2 aromatic heterocycles. The zero-order chi connectivity index (χ0) is 26.0. The lowest BCUT2D eigenvalue weighted by atomic mass is 10.0. The Hall–Kier alpha value is -3.66. The van der Waals surface area contributed by atoms with Crippen molar-refractivity contribution in [1.29, 1.82) is 0 Å². The number of ether oxygens (including phenoxy) is 1. The van der Waals surface area contributed by atoms with Crippen molar-refractivity contribution < 1.29 is 27.8 Å². The first-order valence-corrected chi connectivity index (χ1v) is 11.6. The van der Waals surface area contributed by atoms with Gasteiger partial charge in [-0.25, -0.2) is 9.97 Å². The Morgan fingerprint density at radius 1 is 1.22 bits per heavy atom. The lowest BCUT2D eigenvalue weighted by Gasteiger charge is -2.23. The number of anilines is 1. The maximum Gasteiger partial charge on any atom is 0.416 e. The van der Waals surface area contributed by atoms with E-state index in [0.29, 0.717) is 34.2 Å². The highest BCUT2D eigenvalue weighted by Crippen LogP contribution is 2.38. The number of cyclic esters (lactones) is 1. The maximum absolute atomic E-state index is 13.6. The van der Waals surface area contributed by atoms with Crippen molar-refractivity contribution >= 4 is 18.0 Å². The number of carbonyl (C=O) groups is 1. The lowest BCUT2D eigenvalue weighted by Crippen LogP contribution is -2.31. The zero-order valence-corrected chi connectivity index (χ0v) is 20.1. The second-order valence-electron chi connectivity index (χ2n) is 8.91. The third-order valence-electron chi connectivity index (χ3n) is 5.85. The van der Waals surface area contributed by atoms with Gasteiger partial charge in [-0.15, -0.1) is 0 Å². The maximum atomic E-state index is 13.6. The number of aromatic nitrogens is 3. The number of nitrogens with one attached hydrogen (secondary N) is 1. The molecular formula is C26H27F3N4O3. The van der Waals surface area contributed by atoms with E-state index in [2.05, 4.69) is 10.3 Å². The molecule has 3 heterocycles. The van der Waals surface area contributed by atoms with Crippen LogP contribution >= 0.6 is 0 Å². The number of nitrogens with zero attached hydrogens (tertiary/aromatic N) is 3. The third kappa shape index (κ3) is 5.43. The molecule has 2 unspecified atom stereocenters. The smallest absolute Gasteiger partial charge is 0.416 e. The van der Waals surface area contributed by atoms with Gasteiger partial charge in [0.15, 0.2) is 0 Å². The summed E-state index contributed by atoms with van der Waals surface area (Å²) < 4.78 is 47.8. The normalized spacial score (nSPS) is 18.6. The molecule has 7 nitrogen and oxygen atoms in total. The number of aliphatic hydroxyl groups is 1. The molecule has 10 heteroatoms. The van der Waals surface area contributed by atoms with Crippen LogP contribution in [0, 0.1) is 0 Å². The molecule has 1 saturated heterocycles. The average molecular weight is 501 g/mol. The number of rotatable bonds is 6. The summed E-state index contributed by atoms with van der Waals surface area (Å²) in [5.41, 5.74) is 1.17. The molecule has 1 aliphatic rings. The van der Waals surface area contributed by atoms with Gasteiger partial charge < -0.3 is 19.7 Å². The van der Waals surface area contributed by atoms with Crippen molar-refractivity contribution in [3.63, 3.8) is 0 Å². The second-order valence-corrected chi connectivity index (χ2v) is 8.91. The molecule has 36 heavy (non-hydrogen) atoms. The van der Waals surface area contributed by atoms with Crippen LogP contribution in [0.25, 0.3) is 28.7 Å². The summed E-state index contributed by atoms with van der Waals surface area (Å²) in [6.07, 6.45) is -0.957. The van der Waals surface area contributed by atoms with E-state index in [4.69, 9.17) is 9.72 Å². The third-order valence-corrected chi connectivity index (χ3v) is 5.85. The lowest BCUT2D eigenvalue weighted by molar-refractivity contribution is -0.156. The number of benzene rings is 1. The molecule has 4 rings (SSSR count). The number of carbonyl (C=O) groups excluding carboxylic acids is 1. The van der Waals surface area contributed by atoms with Crippen molar-refractivity contribution in [3.8, 4) is 22.5 Å². The van der Waals surface area contributed by atoms with Gasteiger partial charge in [-0.2, -0.15) is 13.2 Å². The molecule has 1 fully saturated rings. The molecule has 1 aromatic carbocycles. The van der Waals surface area contributed by atoms with Gasteiger partial charge in [0.2, 0.25) is 0 Å². The molecular weight excluding hydrogens is 473 g/mol. The first kappa shape index (κ1) is 25.4. The Kier molecular flexibility index (Phi) is 7.16. The summed E-state index contributed by atoms with van der Waals surface area (Å²) >= 11 is 0. The van der Waals surface area contributed by atoms with Crippen LogP contribution in [0.3, 0.4) is 0 Å². The summed E-state index contributed by atoms with van der Waals surface area (Å²) in [6, 6.07) is 8.61. The van der Waals surface area contributed by atoms with E-state index in [-0.39, 0.29) is 18.8 Å². The standard InChI is InChI=1S/C26H27F3N4O3/c1-15(2)25-32-23(16-7-9-31-21(12-16)30-3)24(17-5-4-6-18(11-17)26(27,28)29)33(25)10-8-20-13-19(34)14-22(35)36-20/h4-12,15,19-20,34H,13-14H2,1-3H3,(H,30,31). The van der Waals surface area contributed by atoms with Crippen LogP contribution in [0.1, 0.15) is 44.0 Å². The number of imidazole rings is 1. The first-order valence-electron chi connectivity index (χ1n) is 11.6. The Balaban J connectivity index is 1.93. The predicted octanol–water partition coefficient (Wildman–Crippen LogP) is 5.33. The number of hydrogen-bond donors (Lipinski definition) is 2. The quantitative estimate of drug-likeness (QED) is 0.445. The van der Waals surface area contributed by atoms with Crippen molar-refractivity contribution in [2.24, 2.45) is 0 Å². The van der Waals surface area contributed by atoms with E-state index in [1.165, 1.54) is 6.07 Å². The van der Waals surface area contributed by atoms with Crippen molar-refractivity contribution in [3.05, 3.63) is 60.1 Å². The number of aliphatic hydroxyl groups excluding tert-OH is 1. The monoisotopic (exact) mass is 500 g/mol. The number of esters is 1. The summed E-state index contributed by atoms with van der Waals surface area (Å²) in [5, 5.41) is 12.9. The average Bonchev–Trinajstić information content (AvgIpc) is 3.21. The van der Waals surface area contributed by atoms with E-state index >= 15 is 0 Å². The van der Waals surface area contributed by atoms with Gasteiger partial charge in [-0.3, -0.25) is 4.79 Å². The Morgan fingerprint density at radius 3 is 2.67 bits per heavy atom. The van der Waals surface area contributed by atoms with Gasteiger partial charge >= 0.3 is 12.1 Å². The Bertz CT molecular complexity index is 1280. The van der Waals surface area contributed by atoms with Gasteiger partial charge in [0.1, 0.15) is 17.7 Å². The van der Waals surface area contributed by atoms with E-state index in [1.54, 1.807) is 48.3 Å². The molecule has 2 atom stereocenters. The number of alkyl halides is 3. The summed E-state index contributed by atoms with van der Waals surface area (Å²) in [4.78, 5) is 20.8. The van der Waals surface area contributed by atoms with Crippen LogP contribution in [-0.2, 0) is 15.7 Å². The van der Waals surface area contributed by atoms with E-state index in [1.807, 2.05) is 13.8 Å². The van der Waals surface area contributed by atoms with Crippen molar-refractivity contribution in [2.45, 2.75) is 51.0 Å². The highest BCUT2D eigenvalue weighted by Gasteiger charge is 2.32. The molecule has 0 aliphatic carbocycles. The minimum Gasteiger partial charge on any atom is -0.458 e. The minimum atomic E-state index is -4.51. The molecule has 3 aromatic rings. The van der Waals surface area contributed by atoms with Gasteiger partial charge in [0.25, 0.3) is 0 Å². The Labute approximate surface area is 206 Å². The van der Waals surface area contributed by atoms with Crippen LogP contribution in [0.15, 0.2) is 48.7 Å². The van der Waals surface area contributed by atoms with Crippen molar-refractivity contribution in [1.82, 2.24) is 14.5 Å². The van der Waals surface area contributed by atoms with E-state index in [9.17, 15) is 23.1 Å². The summed E-state index contributed by atoms with van der Waals surface area (Å²) in [5.74, 6) is 0.604. The molecule has 0 bridgehead atoms. The van der Waals surface area contributed by atoms with Gasteiger partial charge in [0, 0.05) is 42.9 Å². The van der Waals surface area contributed by atoms with Crippen LogP contribution in [0.2, 0.25) is 0 Å². The summed E-state index contributed by atoms with van der Waals surface area (Å²) in [6.45, 7) is 3.87. The second kappa shape index (κ2) is 10.1. The van der Waals surface area contributed by atoms with Gasteiger partial charge in [0.05, 0.1) is 29.5 Å². The van der Waals surface area contributed by atoms with Gasteiger partial charge in [-0.05, 0) is 30.3 Å². The highest BCUT2D eigenvalue weighted by molar-refractivity contribution is 5.82. The van der Waals surface area contributed by atoms with Crippen LogP contribution in [0.5, 0.6) is 0 Å². The van der Waals surface area contributed by atoms with Crippen molar-refractivity contribution in [2.75, 3.05) is 12.4 Å². The molecule has 0 amide bonds. The predicted molar refractivity (Wildman–Crippen MR) is 130 cm³/mol. The van der Waals surface area contributed by atoms with Crippen LogP contribution in [0.4, 0.5) is 19.0 Å². The molecule has 2 N–H and O–H groups in total. The molecule has 1 aliphatic heterocycles. The number of pyridine rings is 1. The largest absolute Gasteiger partial charge is 0.458 e. The first-order chi connectivity index (χ1) is 17.1. The van der Waals surface area contributed by atoms with Crippen LogP contribution in [-0.4, -0.2) is 44.9 Å². The number of hydrogen-bond acceptors (Lipinski definition) is 6. The fraction of sp³-hybridized carbons (Fsp3) is 0.346. The number of halogens is 3. The zero-order valence-electron chi connectivity index (χ0n) is 20.1. The molecule has 0 spiro atoms. The highest BCUT2D eigenvalue weighted by atomic mass is 19.4. The fourth-order valence-corrected chi connectivity index (χ4v) is 4.15. The fourth-order valence-electron chi connectivity index (χ4n) is 4.15. The molecule has 0 saturated carbocycles. The molecule has 190 valence electrons.